The SMILES string of the molecule is OC(CF)CNN1CCCCC1. The molecule has 3 nitrogen and oxygen atoms in total. The second kappa shape index (κ2) is 5.45. The van der Waals surface area contributed by atoms with E-state index in [1.807, 2.05) is 0 Å². The van der Waals surface area contributed by atoms with Gasteiger partial charge in [-0.3, -0.25) is 5.43 Å². The van der Waals surface area contributed by atoms with Crippen LogP contribution in [0.3, 0.4) is 0 Å². The molecule has 1 aliphatic rings. The first-order chi connectivity index (χ1) is 5.83. The summed E-state index contributed by atoms with van der Waals surface area (Å²) < 4.78 is 11.8. The first kappa shape index (κ1) is 9.89. The fourth-order valence-corrected chi connectivity index (χ4v) is 1.34. The molecule has 1 rings (SSSR count). The maximum Gasteiger partial charge on any atom is 0.117 e. The molecule has 1 unspecified atom stereocenters. The number of halogens is 1. The number of piperidine rings is 1. The number of nitrogens with zero attached hydrogens (tertiary/aromatic N) is 1. The van der Waals surface area contributed by atoms with Gasteiger partial charge in [-0.2, -0.15) is 0 Å². The van der Waals surface area contributed by atoms with Crippen LogP contribution in [-0.2, 0) is 0 Å². The Kier molecular flexibility index (Phi) is 4.50. The molecule has 0 bridgehead atoms. The molecule has 1 fully saturated rings. The van der Waals surface area contributed by atoms with Crippen LogP contribution in [-0.4, -0.2) is 42.5 Å². The lowest BCUT2D eigenvalue weighted by atomic mass is 10.2. The van der Waals surface area contributed by atoms with Gasteiger partial charge in [-0.1, -0.05) is 6.42 Å². The van der Waals surface area contributed by atoms with Crippen LogP contribution in [0, 0.1) is 0 Å². The summed E-state index contributed by atoms with van der Waals surface area (Å²) in [6.45, 7) is 1.69. The highest BCUT2D eigenvalue weighted by atomic mass is 19.1. The molecule has 12 heavy (non-hydrogen) atoms. The highest BCUT2D eigenvalue weighted by molar-refractivity contribution is 4.62. The van der Waals surface area contributed by atoms with Crippen molar-refractivity contribution in [2.24, 2.45) is 0 Å². The largest absolute Gasteiger partial charge is 0.389 e. The Balaban J connectivity index is 2.05. The summed E-state index contributed by atoms with van der Waals surface area (Å²) in [5.41, 5.74) is 3.02. The maximum atomic E-state index is 11.8. The lowest BCUT2D eigenvalue weighted by Crippen LogP contribution is -2.45. The Labute approximate surface area is 72.5 Å². The van der Waals surface area contributed by atoms with Gasteiger partial charge in [0.25, 0.3) is 0 Å². The van der Waals surface area contributed by atoms with Gasteiger partial charge in [-0.15, -0.1) is 0 Å². The van der Waals surface area contributed by atoms with Crippen molar-refractivity contribution >= 4 is 0 Å². The van der Waals surface area contributed by atoms with E-state index in [0.717, 1.165) is 13.1 Å². The highest BCUT2D eigenvalue weighted by Crippen LogP contribution is 2.05. The van der Waals surface area contributed by atoms with Crippen molar-refractivity contribution in [3.63, 3.8) is 0 Å². The minimum absolute atomic E-state index is 0.330. The Bertz CT molecular complexity index is 118. The van der Waals surface area contributed by atoms with Crippen LogP contribution in [0.1, 0.15) is 19.3 Å². The van der Waals surface area contributed by atoms with Gasteiger partial charge in [0.1, 0.15) is 6.67 Å². The third-order valence-corrected chi connectivity index (χ3v) is 2.08. The molecule has 0 aromatic carbocycles. The number of aliphatic hydroxyl groups excluding tert-OH is 1. The van der Waals surface area contributed by atoms with Gasteiger partial charge < -0.3 is 5.11 Å². The van der Waals surface area contributed by atoms with Crippen molar-refractivity contribution in [1.29, 1.82) is 0 Å². The Morgan fingerprint density at radius 3 is 2.58 bits per heavy atom. The molecule has 72 valence electrons. The summed E-state index contributed by atoms with van der Waals surface area (Å²) in [7, 11) is 0. The molecule has 4 heteroatoms. The van der Waals surface area contributed by atoms with Gasteiger partial charge in [-0.05, 0) is 12.8 Å². The average molecular weight is 176 g/mol. The molecule has 1 aliphatic heterocycles. The number of aliphatic hydroxyl groups is 1. The van der Waals surface area contributed by atoms with E-state index in [1.54, 1.807) is 0 Å². The molecule has 0 aromatic rings. The van der Waals surface area contributed by atoms with E-state index in [0.29, 0.717) is 6.54 Å². The maximum absolute atomic E-state index is 11.8. The summed E-state index contributed by atoms with van der Waals surface area (Å²) in [6.07, 6.45) is 2.81. The number of hydrazine groups is 1. The zero-order valence-corrected chi connectivity index (χ0v) is 7.30. The molecule has 1 atom stereocenters. The fraction of sp³-hybridized carbons (Fsp3) is 1.00. The molecular weight excluding hydrogens is 159 g/mol. The van der Waals surface area contributed by atoms with Crippen LogP contribution < -0.4 is 5.43 Å². The van der Waals surface area contributed by atoms with Crippen LogP contribution in [0.5, 0.6) is 0 Å². The number of nitrogens with one attached hydrogen (secondary N) is 1. The lowest BCUT2D eigenvalue weighted by Gasteiger charge is -2.27. The van der Waals surface area contributed by atoms with Crippen molar-refractivity contribution in [2.75, 3.05) is 26.3 Å². The first-order valence-corrected chi connectivity index (χ1v) is 4.55. The molecule has 0 aromatic heterocycles. The third-order valence-electron chi connectivity index (χ3n) is 2.08. The van der Waals surface area contributed by atoms with Gasteiger partial charge in [0.05, 0.1) is 6.10 Å². The molecule has 1 heterocycles. The van der Waals surface area contributed by atoms with Gasteiger partial charge >= 0.3 is 0 Å². The Morgan fingerprint density at radius 2 is 2.00 bits per heavy atom. The van der Waals surface area contributed by atoms with E-state index < -0.39 is 12.8 Å². The van der Waals surface area contributed by atoms with Crippen molar-refractivity contribution in [1.82, 2.24) is 10.4 Å². The van der Waals surface area contributed by atoms with Gasteiger partial charge in [-0.25, -0.2) is 9.40 Å². The summed E-state index contributed by atoms with van der Waals surface area (Å²) in [5, 5.41) is 11.0. The third kappa shape index (κ3) is 3.47. The fourth-order valence-electron chi connectivity index (χ4n) is 1.34. The second-order valence-corrected chi connectivity index (χ2v) is 3.22. The average Bonchev–Trinajstić information content (AvgIpc) is 2.16. The van der Waals surface area contributed by atoms with E-state index in [4.69, 9.17) is 5.11 Å². The van der Waals surface area contributed by atoms with Crippen molar-refractivity contribution < 1.29 is 9.50 Å². The molecular formula is C8H17FN2O. The number of hydrogen-bond acceptors (Lipinski definition) is 3. The standard InChI is InChI=1S/C8H17FN2O/c9-6-8(12)7-10-11-4-2-1-3-5-11/h8,10,12H,1-7H2. The van der Waals surface area contributed by atoms with E-state index in [2.05, 4.69) is 10.4 Å². The highest BCUT2D eigenvalue weighted by Gasteiger charge is 2.10. The van der Waals surface area contributed by atoms with Crippen LogP contribution in [0.4, 0.5) is 4.39 Å². The monoisotopic (exact) mass is 176 g/mol. The number of rotatable bonds is 4. The van der Waals surface area contributed by atoms with Crippen LogP contribution >= 0.6 is 0 Å². The van der Waals surface area contributed by atoms with Crippen LogP contribution in [0.2, 0.25) is 0 Å². The predicted octanol–water partition coefficient (Wildman–Crippen LogP) is 0.307. The molecule has 0 amide bonds. The molecule has 1 saturated heterocycles. The topological polar surface area (TPSA) is 35.5 Å². The van der Waals surface area contributed by atoms with Crippen molar-refractivity contribution in [3.05, 3.63) is 0 Å². The normalized spacial score (nSPS) is 22.5. The molecule has 0 aliphatic carbocycles. The number of hydrogen-bond donors (Lipinski definition) is 2. The molecule has 2 N–H and O–H groups in total. The van der Waals surface area contributed by atoms with Crippen LogP contribution in [0.25, 0.3) is 0 Å². The predicted molar refractivity (Wildman–Crippen MR) is 45.4 cm³/mol. The van der Waals surface area contributed by atoms with E-state index in [9.17, 15) is 4.39 Å². The van der Waals surface area contributed by atoms with E-state index in [-0.39, 0.29) is 0 Å². The first-order valence-electron chi connectivity index (χ1n) is 4.55. The second-order valence-electron chi connectivity index (χ2n) is 3.22. The zero-order chi connectivity index (χ0) is 8.81. The summed E-state index contributed by atoms with van der Waals surface area (Å²) in [6, 6.07) is 0. The Morgan fingerprint density at radius 1 is 1.33 bits per heavy atom. The van der Waals surface area contributed by atoms with Crippen LogP contribution in [0.15, 0.2) is 0 Å². The van der Waals surface area contributed by atoms with Gasteiger partial charge in [0.15, 0.2) is 0 Å². The van der Waals surface area contributed by atoms with Gasteiger partial charge in [0.2, 0.25) is 0 Å². The molecule has 0 radical (unpaired) electrons. The lowest BCUT2D eigenvalue weighted by molar-refractivity contribution is 0.0847. The van der Waals surface area contributed by atoms with E-state index >= 15 is 0 Å². The summed E-state index contributed by atoms with van der Waals surface area (Å²) in [5.74, 6) is 0. The number of alkyl halides is 1. The molecule has 0 saturated carbocycles. The summed E-state index contributed by atoms with van der Waals surface area (Å²) >= 11 is 0. The van der Waals surface area contributed by atoms with E-state index in [1.165, 1.54) is 19.3 Å². The Hall–Kier alpha value is -0.190. The minimum atomic E-state index is -0.855. The van der Waals surface area contributed by atoms with Gasteiger partial charge in [0, 0.05) is 19.6 Å². The summed E-state index contributed by atoms with van der Waals surface area (Å²) in [4.78, 5) is 0. The minimum Gasteiger partial charge on any atom is -0.389 e. The smallest absolute Gasteiger partial charge is 0.117 e. The van der Waals surface area contributed by atoms with Crippen molar-refractivity contribution in [2.45, 2.75) is 25.4 Å². The van der Waals surface area contributed by atoms with Crippen molar-refractivity contribution in [3.8, 4) is 0 Å². The quantitative estimate of drug-likeness (QED) is 0.647. The molecule has 0 spiro atoms. The zero-order valence-electron chi connectivity index (χ0n) is 7.30.